The van der Waals surface area contributed by atoms with Crippen molar-refractivity contribution in [2.75, 3.05) is 40.4 Å². The van der Waals surface area contributed by atoms with Gasteiger partial charge in [-0.3, -0.25) is 0 Å². The second-order valence-electron chi connectivity index (χ2n) is 4.58. The Hall–Kier alpha value is -1.50. The van der Waals surface area contributed by atoms with Crippen molar-refractivity contribution in [2.45, 2.75) is 6.54 Å². The summed E-state index contributed by atoms with van der Waals surface area (Å²) in [5.74, 6) is -1.44. The van der Waals surface area contributed by atoms with Gasteiger partial charge in [-0.15, -0.1) is 0 Å². The van der Waals surface area contributed by atoms with Gasteiger partial charge in [0.25, 0.3) is 0 Å². The van der Waals surface area contributed by atoms with E-state index in [2.05, 4.69) is 10.2 Å². The van der Waals surface area contributed by atoms with Crippen LogP contribution in [0.4, 0.5) is 4.39 Å². The molecule has 0 aliphatic carbocycles. The van der Waals surface area contributed by atoms with E-state index in [-0.39, 0.29) is 5.56 Å². The first kappa shape index (κ1) is 16.6. The molecule has 112 valence electrons. The summed E-state index contributed by atoms with van der Waals surface area (Å²) in [4.78, 5) is 12.9. The van der Waals surface area contributed by atoms with Gasteiger partial charge in [-0.05, 0) is 25.2 Å². The van der Waals surface area contributed by atoms with Crippen LogP contribution in [0, 0.1) is 5.82 Å². The Labute approximate surface area is 118 Å². The third-order valence-electron chi connectivity index (χ3n) is 2.96. The van der Waals surface area contributed by atoms with Gasteiger partial charge in [0.05, 0.1) is 12.2 Å². The van der Waals surface area contributed by atoms with Gasteiger partial charge >= 0.3 is 5.97 Å². The number of nitrogens with zero attached hydrogens (tertiary/aromatic N) is 1. The lowest BCUT2D eigenvalue weighted by atomic mass is 10.1. The second-order valence-corrected chi connectivity index (χ2v) is 4.58. The number of hydrogen-bond donors (Lipinski definition) is 2. The molecular formula is C14H21FN2O3. The molecule has 5 nitrogen and oxygen atoms in total. The van der Waals surface area contributed by atoms with E-state index >= 15 is 0 Å². The molecular weight excluding hydrogens is 263 g/mol. The van der Waals surface area contributed by atoms with E-state index in [1.165, 1.54) is 18.2 Å². The molecule has 0 atom stereocenters. The summed E-state index contributed by atoms with van der Waals surface area (Å²) in [5, 5.41) is 12.0. The van der Waals surface area contributed by atoms with Crippen LogP contribution in [0.15, 0.2) is 18.2 Å². The molecule has 2 N–H and O–H groups in total. The molecule has 0 fully saturated rings. The van der Waals surface area contributed by atoms with E-state index < -0.39 is 11.8 Å². The van der Waals surface area contributed by atoms with Gasteiger partial charge in [-0.2, -0.15) is 0 Å². The molecule has 6 heteroatoms. The quantitative estimate of drug-likeness (QED) is 0.667. The lowest BCUT2D eigenvalue weighted by molar-refractivity contribution is 0.0696. The van der Waals surface area contributed by atoms with Gasteiger partial charge < -0.3 is 20.1 Å². The van der Waals surface area contributed by atoms with Gasteiger partial charge in [-0.1, -0.05) is 0 Å². The van der Waals surface area contributed by atoms with Crippen LogP contribution in [-0.2, 0) is 11.3 Å². The number of ether oxygens (including phenoxy) is 1. The molecule has 20 heavy (non-hydrogen) atoms. The Bertz CT molecular complexity index is 440. The number of carbonyl (C=O) groups is 1. The Balaban J connectivity index is 2.38. The molecule has 1 aromatic rings. The highest BCUT2D eigenvalue weighted by Gasteiger charge is 2.08. The van der Waals surface area contributed by atoms with Crippen molar-refractivity contribution in [3.05, 3.63) is 35.1 Å². The minimum Gasteiger partial charge on any atom is -0.478 e. The maximum atomic E-state index is 13.5. The molecule has 0 heterocycles. The highest BCUT2D eigenvalue weighted by molar-refractivity contribution is 5.87. The van der Waals surface area contributed by atoms with Crippen molar-refractivity contribution in [1.82, 2.24) is 10.2 Å². The molecule has 0 unspecified atom stereocenters. The van der Waals surface area contributed by atoms with Gasteiger partial charge in [-0.25, -0.2) is 9.18 Å². The Kier molecular flexibility index (Phi) is 7.14. The predicted molar refractivity (Wildman–Crippen MR) is 74.4 cm³/mol. The molecule has 0 radical (unpaired) electrons. The number of rotatable bonds is 9. The van der Waals surface area contributed by atoms with Gasteiger partial charge in [0.1, 0.15) is 5.82 Å². The summed E-state index contributed by atoms with van der Waals surface area (Å²) >= 11 is 0. The van der Waals surface area contributed by atoms with Crippen molar-refractivity contribution in [3.63, 3.8) is 0 Å². The lowest BCUT2D eigenvalue weighted by Crippen LogP contribution is -2.31. The van der Waals surface area contributed by atoms with Crippen molar-refractivity contribution in [1.29, 1.82) is 0 Å². The molecule has 0 bridgehead atoms. The SMILES string of the molecule is COCCN(C)CCNCc1cc(C(=O)O)ccc1F. The zero-order valence-electron chi connectivity index (χ0n) is 11.9. The van der Waals surface area contributed by atoms with Crippen molar-refractivity contribution in [2.24, 2.45) is 0 Å². The van der Waals surface area contributed by atoms with Crippen molar-refractivity contribution >= 4 is 5.97 Å². The largest absolute Gasteiger partial charge is 0.478 e. The van der Waals surface area contributed by atoms with Gasteiger partial charge in [0.2, 0.25) is 0 Å². The van der Waals surface area contributed by atoms with Crippen LogP contribution in [0.25, 0.3) is 0 Å². The number of carboxylic acid groups (broad SMARTS) is 1. The first-order chi connectivity index (χ1) is 9.54. The van der Waals surface area contributed by atoms with Crippen LogP contribution in [0.2, 0.25) is 0 Å². The van der Waals surface area contributed by atoms with E-state index in [0.717, 1.165) is 13.1 Å². The van der Waals surface area contributed by atoms with Crippen molar-refractivity contribution in [3.8, 4) is 0 Å². The minimum absolute atomic E-state index is 0.0976. The van der Waals surface area contributed by atoms with Crippen LogP contribution in [0.1, 0.15) is 15.9 Å². The van der Waals surface area contributed by atoms with E-state index in [4.69, 9.17) is 9.84 Å². The average molecular weight is 284 g/mol. The number of benzene rings is 1. The standard InChI is InChI=1S/C14H21FN2O3/c1-17(7-8-20-2)6-5-16-10-12-9-11(14(18)19)3-4-13(12)15/h3-4,9,16H,5-8,10H2,1-2H3,(H,18,19). The first-order valence-electron chi connectivity index (χ1n) is 6.44. The summed E-state index contributed by atoms with van der Waals surface area (Å²) in [6.45, 7) is 3.32. The predicted octanol–water partition coefficient (Wildman–Crippen LogP) is 1.19. The number of carboxylic acids is 1. The highest BCUT2D eigenvalue weighted by Crippen LogP contribution is 2.10. The monoisotopic (exact) mass is 284 g/mol. The Morgan fingerprint density at radius 1 is 1.45 bits per heavy atom. The van der Waals surface area contributed by atoms with Crippen LogP contribution >= 0.6 is 0 Å². The van der Waals surface area contributed by atoms with Gasteiger partial charge in [0.15, 0.2) is 0 Å². The van der Waals surface area contributed by atoms with Crippen molar-refractivity contribution < 1.29 is 19.0 Å². The number of halogens is 1. The number of likely N-dealkylation sites (N-methyl/N-ethyl adjacent to an activating group) is 1. The number of aromatic carboxylic acids is 1. The second kappa shape index (κ2) is 8.63. The molecule has 0 saturated heterocycles. The number of hydrogen-bond acceptors (Lipinski definition) is 4. The third-order valence-corrected chi connectivity index (χ3v) is 2.96. The molecule has 0 spiro atoms. The molecule has 1 aromatic carbocycles. The van der Waals surface area contributed by atoms with E-state index in [9.17, 15) is 9.18 Å². The molecule has 0 aliphatic heterocycles. The highest BCUT2D eigenvalue weighted by atomic mass is 19.1. The Morgan fingerprint density at radius 3 is 2.85 bits per heavy atom. The normalized spacial score (nSPS) is 11.0. The smallest absolute Gasteiger partial charge is 0.335 e. The van der Waals surface area contributed by atoms with Crippen LogP contribution in [-0.4, -0.2) is 56.4 Å². The van der Waals surface area contributed by atoms with E-state index in [1.54, 1.807) is 7.11 Å². The molecule has 1 rings (SSSR count). The maximum Gasteiger partial charge on any atom is 0.335 e. The first-order valence-corrected chi connectivity index (χ1v) is 6.44. The van der Waals surface area contributed by atoms with Crippen LogP contribution in [0.3, 0.4) is 0 Å². The fraction of sp³-hybridized carbons (Fsp3) is 0.500. The maximum absolute atomic E-state index is 13.5. The topological polar surface area (TPSA) is 61.8 Å². The lowest BCUT2D eigenvalue weighted by Gasteiger charge is -2.16. The third kappa shape index (κ3) is 5.64. The zero-order valence-corrected chi connectivity index (χ0v) is 11.9. The summed E-state index contributed by atoms with van der Waals surface area (Å²) in [5.41, 5.74) is 0.463. The Morgan fingerprint density at radius 2 is 2.20 bits per heavy atom. The summed E-state index contributed by atoms with van der Waals surface area (Å²) in [6, 6.07) is 3.81. The molecule has 0 aromatic heterocycles. The summed E-state index contributed by atoms with van der Waals surface area (Å²) in [6.07, 6.45) is 0. The molecule has 0 aliphatic rings. The average Bonchev–Trinajstić information content (AvgIpc) is 2.42. The minimum atomic E-state index is -1.05. The van der Waals surface area contributed by atoms with E-state index in [1.807, 2.05) is 7.05 Å². The molecule has 0 saturated carbocycles. The summed E-state index contributed by atoms with van der Waals surface area (Å²) in [7, 11) is 3.64. The fourth-order valence-electron chi connectivity index (χ4n) is 1.70. The summed E-state index contributed by atoms with van der Waals surface area (Å²) < 4.78 is 18.5. The van der Waals surface area contributed by atoms with Crippen LogP contribution < -0.4 is 5.32 Å². The van der Waals surface area contributed by atoms with Gasteiger partial charge in [0, 0.05) is 38.9 Å². The number of methoxy groups -OCH3 is 1. The molecule has 0 amide bonds. The van der Waals surface area contributed by atoms with Crippen LogP contribution in [0.5, 0.6) is 0 Å². The van der Waals surface area contributed by atoms with E-state index in [0.29, 0.717) is 25.3 Å². The number of nitrogens with one attached hydrogen (secondary N) is 1. The fourth-order valence-corrected chi connectivity index (χ4v) is 1.70. The zero-order chi connectivity index (χ0) is 15.0.